The highest BCUT2D eigenvalue weighted by Gasteiger charge is 2.28. The molecule has 3 nitrogen and oxygen atoms in total. The summed E-state index contributed by atoms with van der Waals surface area (Å²) in [6.45, 7) is 7.73. The summed E-state index contributed by atoms with van der Waals surface area (Å²) in [4.78, 5) is 2.60. The van der Waals surface area contributed by atoms with Gasteiger partial charge in [-0.1, -0.05) is 19.1 Å². The van der Waals surface area contributed by atoms with E-state index >= 15 is 0 Å². The fourth-order valence-corrected chi connectivity index (χ4v) is 3.84. The molecule has 2 fully saturated rings. The van der Waals surface area contributed by atoms with Gasteiger partial charge in [-0.3, -0.25) is 4.90 Å². The third kappa shape index (κ3) is 5.37. The first-order chi connectivity index (χ1) is 10.8. The Morgan fingerprint density at radius 2 is 2.04 bits per heavy atom. The summed E-state index contributed by atoms with van der Waals surface area (Å²) >= 11 is 0. The van der Waals surface area contributed by atoms with Crippen molar-refractivity contribution >= 4 is 12.4 Å². The SMILES string of the molecule is CCCOc1cccc(CN2CCC(C3CCCN3)CC2)c1.Cl. The lowest BCUT2D eigenvalue weighted by Gasteiger charge is -2.35. The highest BCUT2D eigenvalue weighted by molar-refractivity contribution is 5.85. The van der Waals surface area contributed by atoms with E-state index in [1.54, 1.807) is 0 Å². The zero-order valence-corrected chi connectivity index (χ0v) is 15.1. The molecule has 4 heteroatoms. The summed E-state index contributed by atoms with van der Waals surface area (Å²) in [5, 5.41) is 3.68. The molecule has 1 atom stereocenters. The normalized spacial score (nSPS) is 22.7. The topological polar surface area (TPSA) is 24.5 Å². The van der Waals surface area contributed by atoms with E-state index in [2.05, 4.69) is 41.4 Å². The van der Waals surface area contributed by atoms with E-state index in [0.717, 1.165) is 37.3 Å². The quantitative estimate of drug-likeness (QED) is 0.852. The van der Waals surface area contributed by atoms with Crippen molar-refractivity contribution in [2.45, 2.75) is 51.6 Å². The number of nitrogens with one attached hydrogen (secondary N) is 1. The second kappa shape index (κ2) is 9.51. The van der Waals surface area contributed by atoms with Crippen molar-refractivity contribution in [3.63, 3.8) is 0 Å². The standard InChI is InChI=1S/C19H30N2O.ClH/c1-2-13-22-18-6-3-5-16(14-18)15-21-11-8-17(9-12-21)19-7-4-10-20-19;/h3,5-6,14,17,19-20H,2,4,7-13,15H2,1H3;1H. The molecule has 0 spiro atoms. The highest BCUT2D eigenvalue weighted by Crippen LogP contribution is 2.26. The predicted octanol–water partition coefficient (Wildman–Crippen LogP) is 3.86. The largest absolute Gasteiger partial charge is 0.494 e. The molecule has 0 bridgehead atoms. The maximum absolute atomic E-state index is 5.74. The van der Waals surface area contributed by atoms with E-state index in [4.69, 9.17) is 4.74 Å². The van der Waals surface area contributed by atoms with Gasteiger partial charge in [0, 0.05) is 12.6 Å². The lowest BCUT2D eigenvalue weighted by Crippen LogP contribution is -2.40. The summed E-state index contributed by atoms with van der Waals surface area (Å²) in [5.74, 6) is 1.92. The molecule has 1 aromatic carbocycles. The third-order valence-corrected chi connectivity index (χ3v) is 5.08. The molecular weight excluding hydrogens is 308 g/mol. The van der Waals surface area contributed by atoms with Crippen molar-refractivity contribution in [2.75, 3.05) is 26.2 Å². The fraction of sp³-hybridized carbons (Fsp3) is 0.684. The Bertz CT molecular complexity index is 454. The first-order valence-corrected chi connectivity index (χ1v) is 9.02. The van der Waals surface area contributed by atoms with Crippen LogP contribution in [0.4, 0.5) is 0 Å². The van der Waals surface area contributed by atoms with Crippen LogP contribution in [0.5, 0.6) is 5.75 Å². The molecule has 1 N–H and O–H groups in total. The predicted molar refractivity (Wildman–Crippen MR) is 98.5 cm³/mol. The molecule has 23 heavy (non-hydrogen) atoms. The Labute approximate surface area is 147 Å². The Morgan fingerprint density at radius 3 is 2.74 bits per heavy atom. The van der Waals surface area contributed by atoms with Gasteiger partial charge in [0.05, 0.1) is 6.61 Å². The molecule has 0 radical (unpaired) electrons. The minimum absolute atomic E-state index is 0. The first-order valence-electron chi connectivity index (χ1n) is 9.02. The monoisotopic (exact) mass is 338 g/mol. The summed E-state index contributed by atoms with van der Waals surface area (Å²) in [7, 11) is 0. The van der Waals surface area contributed by atoms with Gasteiger partial charge in [0.2, 0.25) is 0 Å². The number of piperidine rings is 1. The van der Waals surface area contributed by atoms with E-state index in [1.807, 2.05) is 0 Å². The Kier molecular flexibility index (Phi) is 7.68. The van der Waals surface area contributed by atoms with Crippen LogP contribution in [0.1, 0.15) is 44.6 Å². The number of nitrogens with zero attached hydrogens (tertiary/aromatic N) is 1. The van der Waals surface area contributed by atoms with Gasteiger partial charge in [0.15, 0.2) is 0 Å². The Balaban J connectivity index is 0.00000192. The van der Waals surface area contributed by atoms with Crippen molar-refractivity contribution in [3.05, 3.63) is 29.8 Å². The average Bonchev–Trinajstić information content (AvgIpc) is 3.08. The smallest absolute Gasteiger partial charge is 0.119 e. The van der Waals surface area contributed by atoms with E-state index in [9.17, 15) is 0 Å². The minimum Gasteiger partial charge on any atom is -0.494 e. The molecule has 1 aromatic rings. The van der Waals surface area contributed by atoms with Crippen LogP contribution in [0.25, 0.3) is 0 Å². The molecule has 0 amide bonds. The van der Waals surface area contributed by atoms with Gasteiger partial charge < -0.3 is 10.1 Å². The molecule has 0 aromatic heterocycles. The first kappa shape index (κ1) is 18.6. The molecule has 0 saturated carbocycles. The van der Waals surface area contributed by atoms with Crippen LogP contribution in [0, 0.1) is 5.92 Å². The second-order valence-electron chi connectivity index (χ2n) is 6.81. The lowest BCUT2D eigenvalue weighted by molar-refractivity contribution is 0.157. The number of benzene rings is 1. The van der Waals surface area contributed by atoms with Crippen LogP contribution in [0.3, 0.4) is 0 Å². The average molecular weight is 339 g/mol. The molecule has 1 unspecified atom stereocenters. The van der Waals surface area contributed by atoms with E-state index in [-0.39, 0.29) is 12.4 Å². The molecule has 2 aliphatic heterocycles. The van der Waals surface area contributed by atoms with Crippen LogP contribution < -0.4 is 10.1 Å². The van der Waals surface area contributed by atoms with Crippen LogP contribution in [0.2, 0.25) is 0 Å². The van der Waals surface area contributed by atoms with Gasteiger partial charge in [-0.15, -0.1) is 12.4 Å². The molecule has 0 aliphatic carbocycles. The number of halogens is 1. The zero-order valence-electron chi connectivity index (χ0n) is 14.3. The summed E-state index contributed by atoms with van der Waals surface area (Å²) in [5.41, 5.74) is 1.38. The maximum Gasteiger partial charge on any atom is 0.119 e. The second-order valence-corrected chi connectivity index (χ2v) is 6.81. The third-order valence-electron chi connectivity index (χ3n) is 5.08. The number of likely N-dealkylation sites (tertiary alicyclic amines) is 1. The Morgan fingerprint density at radius 1 is 1.22 bits per heavy atom. The van der Waals surface area contributed by atoms with Crippen molar-refractivity contribution < 1.29 is 4.74 Å². The summed E-state index contributed by atoms with van der Waals surface area (Å²) < 4.78 is 5.74. The number of hydrogen-bond acceptors (Lipinski definition) is 3. The molecule has 2 heterocycles. The van der Waals surface area contributed by atoms with E-state index in [1.165, 1.54) is 50.9 Å². The summed E-state index contributed by atoms with van der Waals surface area (Å²) in [6, 6.07) is 9.42. The van der Waals surface area contributed by atoms with Gasteiger partial charge in [0.1, 0.15) is 5.75 Å². The van der Waals surface area contributed by atoms with E-state index in [0.29, 0.717) is 0 Å². The van der Waals surface area contributed by atoms with Crippen molar-refractivity contribution in [1.29, 1.82) is 0 Å². The molecule has 2 aliphatic rings. The summed E-state index contributed by atoms with van der Waals surface area (Å²) in [6.07, 6.45) is 6.53. The molecule has 2 saturated heterocycles. The lowest BCUT2D eigenvalue weighted by atomic mass is 9.88. The van der Waals surface area contributed by atoms with Gasteiger partial charge in [0.25, 0.3) is 0 Å². The fourth-order valence-electron chi connectivity index (χ4n) is 3.84. The molecule has 3 rings (SSSR count). The van der Waals surface area contributed by atoms with Crippen LogP contribution in [0.15, 0.2) is 24.3 Å². The minimum atomic E-state index is 0. The number of hydrogen-bond donors (Lipinski definition) is 1. The van der Waals surface area contributed by atoms with Crippen LogP contribution >= 0.6 is 12.4 Å². The molecular formula is C19H31ClN2O. The van der Waals surface area contributed by atoms with Gasteiger partial charge in [-0.05, 0) is 75.4 Å². The maximum atomic E-state index is 5.74. The molecule has 130 valence electrons. The van der Waals surface area contributed by atoms with Crippen LogP contribution in [-0.4, -0.2) is 37.2 Å². The van der Waals surface area contributed by atoms with Gasteiger partial charge >= 0.3 is 0 Å². The van der Waals surface area contributed by atoms with Crippen molar-refractivity contribution in [1.82, 2.24) is 10.2 Å². The highest BCUT2D eigenvalue weighted by atomic mass is 35.5. The Hall–Kier alpha value is -0.770. The van der Waals surface area contributed by atoms with Gasteiger partial charge in [-0.25, -0.2) is 0 Å². The number of rotatable bonds is 6. The van der Waals surface area contributed by atoms with Crippen molar-refractivity contribution in [3.8, 4) is 5.75 Å². The van der Waals surface area contributed by atoms with Gasteiger partial charge in [-0.2, -0.15) is 0 Å². The number of ether oxygens (including phenoxy) is 1. The van der Waals surface area contributed by atoms with Crippen molar-refractivity contribution in [2.24, 2.45) is 5.92 Å². The van der Waals surface area contributed by atoms with E-state index < -0.39 is 0 Å². The zero-order chi connectivity index (χ0) is 15.2. The van der Waals surface area contributed by atoms with Crippen LogP contribution in [-0.2, 0) is 6.54 Å².